The van der Waals surface area contributed by atoms with E-state index in [1.807, 2.05) is 31.0 Å². The number of amides is 1. The molecule has 0 spiro atoms. The number of hydrogen-bond donors (Lipinski definition) is 0. The van der Waals surface area contributed by atoms with Crippen molar-refractivity contribution < 1.29 is 4.79 Å². The summed E-state index contributed by atoms with van der Waals surface area (Å²) in [5.41, 5.74) is 0.948. The highest BCUT2D eigenvalue weighted by Crippen LogP contribution is 2.20. The molecule has 1 saturated heterocycles. The van der Waals surface area contributed by atoms with Crippen molar-refractivity contribution in [1.82, 2.24) is 9.88 Å². The average Bonchev–Trinajstić information content (AvgIpc) is 2.26. The maximum absolute atomic E-state index is 11.6. The first-order valence-corrected chi connectivity index (χ1v) is 5.99. The Morgan fingerprint density at radius 2 is 2.12 bits per heavy atom. The van der Waals surface area contributed by atoms with E-state index in [-0.39, 0.29) is 5.91 Å². The summed E-state index contributed by atoms with van der Waals surface area (Å²) in [5, 5.41) is 0. The van der Waals surface area contributed by atoms with Gasteiger partial charge in [-0.2, -0.15) is 0 Å². The number of halogens is 1. The van der Waals surface area contributed by atoms with Crippen molar-refractivity contribution in [2.45, 2.75) is 6.92 Å². The molecule has 0 unspecified atom stereocenters. The number of nitrogens with zero attached hydrogens (tertiary/aromatic N) is 3. The van der Waals surface area contributed by atoms with Crippen molar-refractivity contribution in [3.63, 3.8) is 0 Å². The number of carbonyl (C=O) groups excluding carboxylic acids is 1. The van der Waals surface area contributed by atoms with Crippen molar-refractivity contribution in [2.75, 3.05) is 31.6 Å². The number of hydrogen-bond acceptors (Lipinski definition) is 3. The molecular formula is C11H14BrN3O. The number of rotatable bonds is 1. The molecule has 2 rings (SSSR count). The molecule has 1 fully saturated rings. The SMILES string of the molecule is Cc1nc(N2CCN(C)C(=O)C2)ccc1Br. The van der Waals surface area contributed by atoms with Gasteiger partial charge in [-0.05, 0) is 35.0 Å². The predicted molar refractivity (Wildman–Crippen MR) is 66.5 cm³/mol. The van der Waals surface area contributed by atoms with Gasteiger partial charge in [0.25, 0.3) is 0 Å². The zero-order chi connectivity index (χ0) is 11.7. The van der Waals surface area contributed by atoms with E-state index >= 15 is 0 Å². The highest BCUT2D eigenvalue weighted by Gasteiger charge is 2.21. The van der Waals surface area contributed by atoms with Gasteiger partial charge in [0, 0.05) is 24.6 Å². The molecule has 0 aliphatic carbocycles. The summed E-state index contributed by atoms with van der Waals surface area (Å²) < 4.78 is 0.997. The first kappa shape index (κ1) is 11.4. The second kappa shape index (κ2) is 4.41. The van der Waals surface area contributed by atoms with E-state index in [0.717, 1.165) is 29.1 Å². The summed E-state index contributed by atoms with van der Waals surface area (Å²) in [4.78, 5) is 19.8. The van der Waals surface area contributed by atoms with Gasteiger partial charge in [0.1, 0.15) is 5.82 Å². The Bertz CT molecular complexity index is 422. The largest absolute Gasteiger partial charge is 0.346 e. The summed E-state index contributed by atoms with van der Waals surface area (Å²) in [6.07, 6.45) is 0. The summed E-state index contributed by atoms with van der Waals surface area (Å²) >= 11 is 3.42. The van der Waals surface area contributed by atoms with Gasteiger partial charge in [-0.15, -0.1) is 0 Å². The zero-order valence-electron chi connectivity index (χ0n) is 9.40. The van der Waals surface area contributed by atoms with Gasteiger partial charge in [0.05, 0.1) is 12.2 Å². The molecule has 1 aromatic heterocycles. The molecule has 1 amide bonds. The molecule has 0 saturated carbocycles. The Balaban J connectivity index is 2.18. The van der Waals surface area contributed by atoms with Crippen molar-refractivity contribution >= 4 is 27.7 Å². The van der Waals surface area contributed by atoms with Crippen LogP contribution in [0.5, 0.6) is 0 Å². The average molecular weight is 284 g/mol. The molecule has 1 aliphatic heterocycles. The molecule has 16 heavy (non-hydrogen) atoms. The summed E-state index contributed by atoms with van der Waals surface area (Å²) in [6, 6.07) is 3.91. The molecular weight excluding hydrogens is 270 g/mol. The molecule has 0 atom stereocenters. The second-order valence-corrected chi connectivity index (χ2v) is 4.83. The van der Waals surface area contributed by atoms with E-state index in [9.17, 15) is 4.79 Å². The van der Waals surface area contributed by atoms with E-state index in [0.29, 0.717) is 6.54 Å². The van der Waals surface area contributed by atoms with Crippen molar-refractivity contribution in [3.8, 4) is 0 Å². The van der Waals surface area contributed by atoms with Gasteiger partial charge in [-0.3, -0.25) is 4.79 Å². The van der Waals surface area contributed by atoms with E-state index in [4.69, 9.17) is 0 Å². The first-order chi connectivity index (χ1) is 7.58. The fraction of sp³-hybridized carbons (Fsp3) is 0.455. The maximum Gasteiger partial charge on any atom is 0.241 e. The smallest absolute Gasteiger partial charge is 0.241 e. The quantitative estimate of drug-likeness (QED) is 0.783. The number of aryl methyl sites for hydroxylation is 1. The lowest BCUT2D eigenvalue weighted by Crippen LogP contribution is -2.48. The highest BCUT2D eigenvalue weighted by molar-refractivity contribution is 9.10. The monoisotopic (exact) mass is 283 g/mol. The van der Waals surface area contributed by atoms with Crippen LogP contribution in [0.1, 0.15) is 5.69 Å². The Morgan fingerprint density at radius 1 is 1.38 bits per heavy atom. The first-order valence-electron chi connectivity index (χ1n) is 5.20. The van der Waals surface area contributed by atoms with Gasteiger partial charge in [-0.1, -0.05) is 0 Å². The van der Waals surface area contributed by atoms with Gasteiger partial charge < -0.3 is 9.80 Å². The summed E-state index contributed by atoms with van der Waals surface area (Å²) in [5.74, 6) is 1.02. The lowest BCUT2D eigenvalue weighted by Gasteiger charge is -2.32. The van der Waals surface area contributed by atoms with Crippen molar-refractivity contribution in [2.24, 2.45) is 0 Å². The van der Waals surface area contributed by atoms with E-state index in [2.05, 4.69) is 20.9 Å². The van der Waals surface area contributed by atoms with Crippen LogP contribution in [0.3, 0.4) is 0 Å². The van der Waals surface area contributed by atoms with E-state index in [1.165, 1.54) is 0 Å². The van der Waals surface area contributed by atoms with Gasteiger partial charge in [0.2, 0.25) is 5.91 Å². The van der Waals surface area contributed by atoms with E-state index < -0.39 is 0 Å². The van der Waals surface area contributed by atoms with Crippen LogP contribution in [0, 0.1) is 6.92 Å². The third kappa shape index (κ3) is 2.19. The predicted octanol–water partition coefficient (Wildman–Crippen LogP) is 1.43. The van der Waals surface area contributed by atoms with Crippen LogP contribution in [0.15, 0.2) is 16.6 Å². The van der Waals surface area contributed by atoms with E-state index in [1.54, 1.807) is 4.90 Å². The van der Waals surface area contributed by atoms with Crippen LogP contribution < -0.4 is 4.90 Å². The molecule has 0 bridgehead atoms. The summed E-state index contributed by atoms with van der Waals surface area (Å²) in [7, 11) is 1.83. The van der Waals surface area contributed by atoms with Crippen LogP contribution in [0.25, 0.3) is 0 Å². The van der Waals surface area contributed by atoms with Crippen LogP contribution in [0.4, 0.5) is 5.82 Å². The second-order valence-electron chi connectivity index (χ2n) is 3.97. The minimum Gasteiger partial charge on any atom is -0.346 e. The standard InChI is InChI=1S/C11H14BrN3O/c1-8-9(12)3-4-10(13-8)15-6-5-14(2)11(16)7-15/h3-4H,5-7H2,1-2H3. The van der Waals surface area contributed by atoms with Gasteiger partial charge in [0.15, 0.2) is 0 Å². The van der Waals surface area contributed by atoms with Crippen molar-refractivity contribution in [1.29, 1.82) is 0 Å². The zero-order valence-corrected chi connectivity index (χ0v) is 11.0. The molecule has 86 valence electrons. The number of likely N-dealkylation sites (N-methyl/N-ethyl adjacent to an activating group) is 1. The Hall–Kier alpha value is -1.10. The topological polar surface area (TPSA) is 36.4 Å². The number of pyridine rings is 1. The molecule has 0 aromatic carbocycles. The van der Waals surface area contributed by atoms with Crippen molar-refractivity contribution in [3.05, 3.63) is 22.3 Å². The van der Waals surface area contributed by atoms with Gasteiger partial charge in [-0.25, -0.2) is 4.98 Å². The van der Waals surface area contributed by atoms with Gasteiger partial charge >= 0.3 is 0 Å². The Kier molecular flexibility index (Phi) is 3.14. The molecule has 2 heterocycles. The number of piperazine rings is 1. The third-order valence-corrected chi connectivity index (χ3v) is 3.63. The minimum atomic E-state index is 0.147. The third-order valence-electron chi connectivity index (χ3n) is 2.79. The minimum absolute atomic E-state index is 0.147. The summed E-state index contributed by atoms with van der Waals surface area (Å²) in [6.45, 7) is 3.97. The molecule has 4 nitrogen and oxygen atoms in total. The number of aromatic nitrogens is 1. The Labute approximate surface area is 103 Å². The van der Waals surface area contributed by atoms with Crippen LogP contribution in [0.2, 0.25) is 0 Å². The normalized spacial score (nSPS) is 16.8. The van der Waals surface area contributed by atoms with Crippen LogP contribution in [-0.2, 0) is 4.79 Å². The van der Waals surface area contributed by atoms with Crippen LogP contribution >= 0.6 is 15.9 Å². The molecule has 0 N–H and O–H groups in total. The fourth-order valence-electron chi connectivity index (χ4n) is 1.66. The fourth-order valence-corrected chi connectivity index (χ4v) is 1.88. The number of carbonyl (C=O) groups is 1. The Morgan fingerprint density at radius 3 is 2.75 bits per heavy atom. The van der Waals surface area contributed by atoms with Crippen LogP contribution in [-0.4, -0.2) is 42.5 Å². The number of anilines is 1. The lowest BCUT2D eigenvalue weighted by molar-refractivity contribution is -0.129. The molecule has 1 aromatic rings. The molecule has 0 radical (unpaired) electrons. The molecule has 1 aliphatic rings. The lowest BCUT2D eigenvalue weighted by atomic mass is 10.3. The molecule has 5 heteroatoms. The maximum atomic E-state index is 11.6. The highest BCUT2D eigenvalue weighted by atomic mass is 79.9.